The Morgan fingerprint density at radius 2 is 2.07 bits per heavy atom. The van der Waals surface area contributed by atoms with E-state index in [2.05, 4.69) is 11.8 Å². The van der Waals surface area contributed by atoms with Crippen molar-refractivity contribution in [3.8, 4) is 11.8 Å². The van der Waals surface area contributed by atoms with Crippen molar-refractivity contribution in [3.05, 3.63) is 23.7 Å². The van der Waals surface area contributed by atoms with Crippen LogP contribution in [0.1, 0.15) is 36.9 Å². The first-order chi connectivity index (χ1) is 7.00. The van der Waals surface area contributed by atoms with Crippen molar-refractivity contribution in [2.24, 2.45) is 5.92 Å². The van der Waals surface area contributed by atoms with Crippen LogP contribution in [0.3, 0.4) is 0 Å². The number of furan rings is 1. The van der Waals surface area contributed by atoms with Crippen LogP contribution in [0.25, 0.3) is 0 Å². The highest BCUT2D eigenvalue weighted by atomic mass is 16.3. The fraction of sp³-hybridized carbons (Fsp3) is 0.333. The van der Waals surface area contributed by atoms with Gasteiger partial charge in [0.05, 0.1) is 5.56 Å². The number of hydrogen-bond donors (Lipinski definition) is 0. The van der Waals surface area contributed by atoms with E-state index in [1.165, 1.54) is 19.3 Å². The Labute approximate surface area is 88.5 Å². The Morgan fingerprint density at radius 3 is 2.53 bits per heavy atom. The molecule has 1 aromatic rings. The van der Waals surface area contributed by atoms with Gasteiger partial charge in [0, 0.05) is 18.9 Å². The molecule has 0 unspecified atom stereocenters. The third-order valence-corrected chi connectivity index (χ3v) is 1.80. The van der Waals surface area contributed by atoms with E-state index in [0.717, 1.165) is 0 Å². The van der Waals surface area contributed by atoms with E-state index in [9.17, 15) is 9.59 Å². The average Bonchev–Trinajstić information content (AvgIpc) is 2.62. The summed E-state index contributed by atoms with van der Waals surface area (Å²) < 4.78 is 4.96. The first-order valence-corrected chi connectivity index (χ1v) is 4.66. The zero-order valence-electron chi connectivity index (χ0n) is 8.96. The lowest BCUT2D eigenvalue weighted by Crippen LogP contribution is -2.02. The van der Waals surface area contributed by atoms with Gasteiger partial charge in [-0.1, -0.05) is 19.8 Å². The zero-order chi connectivity index (χ0) is 11.4. The van der Waals surface area contributed by atoms with Crippen LogP contribution in [0.2, 0.25) is 0 Å². The summed E-state index contributed by atoms with van der Waals surface area (Å²) in [6.45, 7) is 4.98. The molecule has 0 radical (unpaired) electrons. The minimum atomic E-state index is -0.154. The summed E-state index contributed by atoms with van der Waals surface area (Å²) >= 11 is 0. The van der Waals surface area contributed by atoms with Crippen LogP contribution in [-0.2, 0) is 4.79 Å². The Kier molecular flexibility index (Phi) is 3.46. The molecule has 3 heteroatoms. The first-order valence-electron chi connectivity index (χ1n) is 4.66. The lowest BCUT2D eigenvalue weighted by Gasteiger charge is -1.91. The molecule has 78 valence electrons. The van der Waals surface area contributed by atoms with E-state index < -0.39 is 0 Å². The zero-order valence-corrected chi connectivity index (χ0v) is 8.96. The van der Waals surface area contributed by atoms with Crippen LogP contribution < -0.4 is 0 Å². The largest absolute Gasteiger partial charge is 0.460 e. The maximum Gasteiger partial charge on any atom is 0.208 e. The molecule has 0 aromatic carbocycles. The van der Waals surface area contributed by atoms with E-state index in [1.54, 1.807) is 13.8 Å². The lowest BCUT2D eigenvalue weighted by atomic mass is 10.1. The summed E-state index contributed by atoms with van der Waals surface area (Å²) in [5.74, 6) is 5.03. The lowest BCUT2D eigenvalue weighted by molar-refractivity contribution is -0.116. The molecule has 0 amide bonds. The fourth-order valence-electron chi connectivity index (χ4n) is 0.865. The van der Waals surface area contributed by atoms with Crippen LogP contribution >= 0.6 is 0 Å². The Balaban J connectivity index is 2.81. The van der Waals surface area contributed by atoms with Gasteiger partial charge >= 0.3 is 0 Å². The van der Waals surface area contributed by atoms with Crippen LogP contribution in [0.15, 0.2) is 16.7 Å². The second-order valence-corrected chi connectivity index (χ2v) is 3.52. The van der Waals surface area contributed by atoms with E-state index in [4.69, 9.17) is 4.42 Å². The number of rotatable bonds is 2. The van der Waals surface area contributed by atoms with Crippen molar-refractivity contribution in [3.63, 3.8) is 0 Å². The van der Waals surface area contributed by atoms with Gasteiger partial charge in [-0.05, 0) is 5.92 Å². The monoisotopic (exact) mass is 204 g/mol. The summed E-state index contributed by atoms with van der Waals surface area (Å²) in [5, 5.41) is 0. The van der Waals surface area contributed by atoms with Crippen molar-refractivity contribution >= 4 is 11.6 Å². The van der Waals surface area contributed by atoms with Gasteiger partial charge in [0.25, 0.3) is 0 Å². The van der Waals surface area contributed by atoms with Gasteiger partial charge in [-0.2, -0.15) is 0 Å². The second-order valence-electron chi connectivity index (χ2n) is 3.52. The maximum atomic E-state index is 11.2. The van der Waals surface area contributed by atoms with Crippen molar-refractivity contribution < 1.29 is 14.0 Å². The Hall–Kier alpha value is -1.82. The average molecular weight is 204 g/mol. The molecule has 0 aliphatic rings. The van der Waals surface area contributed by atoms with E-state index in [-0.39, 0.29) is 23.2 Å². The normalized spacial score (nSPS) is 9.60. The van der Waals surface area contributed by atoms with Crippen LogP contribution in [0.5, 0.6) is 0 Å². The standard InChI is InChI=1S/C12H12O3/c1-8(2)11(14)5-4-10-6-12(9(3)13)15-7-10/h6-8H,1-3H3. The highest BCUT2D eigenvalue weighted by Gasteiger charge is 2.05. The van der Waals surface area contributed by atoms with Crippen LogP contribution in [0, 0.1) is 17.8 Å². The summed E-state index contributed by atoms with van der Waals surface area (Å²) in [7, 11) is 0. The molecule has 1 rings (SSSR count). The topological polar surface area (TPSA) is 47.3 Å². The smallest absolute Gasteiger partial charge is 0.208 e. The molecule has 0 N–H and O–H groups in total. The molecule has 0 aliphatic carbocycles. The third kappa shape index (κ3) is 3.10. The molecular weight excluding hydrogens is 192 g/mol. The molecule has 0 atom stereocenters. The van der Waals surface area contributed by atoms with Gasteiger partial charge < -0.3 is 4.42 Å². The minimum absolute atomic E-state index is 0.100. The van der Waals surface area contributed by atoms with Gasteiger partial charge in [0.15, 0.2) is 11.5 Å². The van der Waals surface area contributed by atoms with Gasteiger partial charge in [-0.15, -0.1) is 0 Å². The van der Waals surface area contributed by atoms with Crippen molar-refractivity contribution in [2.45, 2.75) is 20.8 Å². The molecule has 3 nitrogen and oxygen atoms in total. The Morgan fingerprint density at radius 1 is 1.40 bits per heavy atom. The second kappa shape index (κ2) is 4.61. The summed E-state index contributed by atoms with van der Waals surface area (Å²) in [6, 6.07) is 1.53. The highest BCUT2D eigenvalue weighted by molar-refractivity contribution is 5.97. The third-order valence-electron chi connectivity index (χ3n) is 1.80. The molecule has 0 fully saturated rings. The maximum absolute atomic E-state index is 11.2. The van der Waals surface area contributed by atoms with E-state index >= 15 is 0 Å². The number of carbonyl (C=O) groups excluding carboxylic acids is 2. The molecule has 15 heavy (non-hydrogen) atoms. The van der Waals surface area contributed by atoms with Gasteiger partial charge in [-0.25, -0.2) is 0 Å². The van der Waals surface area contributed by atoms with Gasteiger partial charge in [0.1, 0.15) is 6.26 Å². The first kappa shape index (κ1) is 11.3. The molecule has 0 saturated carbocycles. The molecule has 0 spiro atoms. The molecule has 1 heterocycles. The quantitative estimate of drug-likeness (QED) is 0.547. The van der Waals surface area contributed by atoms with Crippen molar-refractivity contribution in [1.82, 2.24) is 0 Å². The van der Waals surface area contributed by atoms with Gasteiger partial charge in [-0.3, -0.25) is 9.59 Å². The van der Waals surface area contributed by atoms with Gasteiger partial charge in [0.2, 0.25) is 5.78 Å². The fourth-order valence-corrected chi connectivity index (χ4v) is 0.865. The number of ketones is 2. The highest BCUT2D eigenvalue weighted by Crippen LogP contribution is 2.07. The molecule has 0 bridgehead atoms. The number of hydrogen-bond acceptors (Lipinski definition) is 3. The SMILES string of the molecule is CC(=O)c1cc(C#CC(=O)C(C)C)co1. The summed E-state index contributed by atoms with van der Waals surface area (Å²) in [6.07, 6.45) is 1.37. The number of carbonyl (C=O) groups is 2. The molecular formula is C12H12O3. The van der Waals surface area contributed by atoms with E-state index in [0.29, 0.717) is 5.56 Å². The number of Topliss-reactive ketones (excluding diaryl/α,β-unsaturated/α-hetero) is 2. The minimum Gasteiger partial charge on any atom is -0.460 e. The predicted octanol–water partition coefficient (Wildman–Crippen LogP) is 2.06. The van der Waals surface area contributed by atoms with Crippen LogP contribution in [-0.4, -0.2) is 11.6 Å². The molecule has 0 aliphatic heterocycles. The Bertz CT molecular complexity index is 441. The van der Waals surface area contributed by atoms with Crippen LogP contribution in [0.4, 0.5) is 0 Å². The molecule has 0 saturated heterocycles. The van der Waals surface area contributed by atoms with Crippen molar-refractivity contribution in [2.75, 3.05) is 0 Å². The molecule has 1 aromatic heterocycles. The van der Waals surface area contributed by atoms with E-state index in [1.807, 2.05) is 0 Å². The summed E-state index contributed by atoms with van der Waals surface area (Å²) in [5.41, 5.74) is 0.550. The predicted molar refractivity (Wildman–Crippen MR) is 55.4 cm³/mol. The van der Waals surface area contributed by atoms with Crippen molar-refractivity contribution in [1.29, 1.82) is 0 Å². The summed E-state index contributed by atoms with van der Waals surface area (Å²) in [4.78, 5) is 22.1.